The van der Waals surface area contributed by atoms with Gasteiger partial charge in [-0.05, 0) is 48.0 Å². The van der Waals surface area contributed by atoms with E-state index in [0.29, 0.717) is 22.4 Å². The first kappa shape index (κ1) is 19.3. The van der Waals surface area contributed by atoms with Gasteiger partial charge in [-0.25, -0.2) is 10.2 Å². The number of pyridine rings is 1. The van der Waals surface area contributed by atoms with Crippen LogP contribution < -0.4 is 5.43 Å². The van der Waals surface area contributed by atoms with Gasteiger partial charge in [-0.1, -0.05) is 25.1 Å². The molecule has 2 atom stereocenters. The van der Waals surface area contributed by atoms with E-state index in [9.17, 15) is 14.7 Å². The maximum atomic E-state index is 12.5. The Hall–Kier alpha value is -4.00. The van der Waals surface area contributed by atoms with Crippen LogP contribution in [-0.2, 0) is 4.74 Å². The standard InChI is InChI=1S/C23H19N3O4/c1-14(21-18-4-2-3-5-19(18)23(29)30-21)20(15-6-8-17(27)9-7-15)25-26-22(28)16-10-12-24-13-11-16/h2-14,21,27H,1H3,(H,26,28)/b25-20-. The molecule has 0 saturated heterocycles. The van der Waals surface area contributed by atoms with Crippen molar-refractivity contribution in [3.05, 3.63) is 95.3 Å². The zero-order chi connectivity index (χ0) is 21.1. The average Bonchev–Trinajstić information content (AvgIpc) is 3.12. The smallest absolute Gasteiger partial charge is 0.339 e. The number of phenols is 1. The van der Waals surface area contributed by atoms with Gasteiger partial charge in [-0.15, -0.1) is 0 Å². The Bertz CT molecular complexity index is 1110. The number of amides is 1. The minimum Gasteiger partial charge on any atom is -0.508 e. The summed E-state index contributed by atoms with van der Waals surface area (Å²) < 4.78 is 5.62. The summed E-state index contributed by atoms with van der Waals surface area (Å²) in [5.41, 5.74) is 5.51. The molecule has 2 N–H and O–H groups in total. The number of nitrogens with zero attached hydrogens (tertiary/aromatic N) is 2. The molecule has 0 aliphatic carbocycles. The van der Waals surface area contributed by atoms with Gasteiger partial charge in [-0.2, -0.15) is 5.10 Å². The number of aromatic hydroxyl groups is 1. The van der Waals surface area contributed by atoms with E-state index < -0.39 is 6.10 Å². The lowest BCUT2D eigenvalue weighted by molar-refractivity contribution is 0.0326. The first-order chi connectivity index (χ1) is 14.5. The lowest BCUT2D eigenvalue weighted by atomic mass is 9.89. The summed E-state index contributed by atoms with van der Waals surface area (Å²) >= 11 is 0. The number of hydrogen-bond acceptors (Lipinski definition) is 6. The van der Waals surface area contributed by atoms with E-state index in [1.165, 1.54) is 24.5 Å². The summed E-state index contributed by atoms with van der Waals surface area (Å²) in [4.78, 5) is 28.6. The van der Waals surface area contributed by atoms with Crippen molar-refractivity contribution in [1.29, 1.82) is 0 Å². The third-order valence-corrected chi connectivity index (χ3v) is 4.99. The van der Waals surface area contributed by atoms with Crippen molar-refractivity contribution in [2.45, 2.75) is 13.0 Å². The Morgan fingerprint density at radius 1 is 1.07 bits per heavy atom. The van der Waals surface area contributed by atoms with Gasteiger partial charge >= 0.3 is 5.97 Å². The van der Waals surface area contributed by atoms with Gasteiger partial charge in [0.05, 0.1) is 11.3 Å². The average molecular weight is 401 g/mol. The third kappa shape index (κ3) is 3.77. The molecule has 3 aromatic rings. The molecule has 30 heavy (non-hydrogen) atoms. The second-order valence-corrected chi connectivity index (χ2v) is 6.92. The van der Waals surface area contributed by atoms with E-state index in [-0.39, 0.29) is 23.5 Å². The molecular weight excluding hydrogens is 382 g/mol. The van der Waals surface area contributed by atoms with Crippen LogP contribution in [0.4, 0.5) is 0 Å². The quantitative estimate of drug-likeness (QED) is 0.387. The molecule has 1 aliphatic rings. The van der Waals surface area contributed by atoms with E-state index >= 15 is 0 Å². The van der Waals surface area contributed by atoms with Crippen molar-refractivity contribution >= 4 is 17.6 Å². The molecule has 150 valence electrons. The van der Waals surface area contributed by atoms with E-state index in [4.69, 9.17) is 4.74 Å². The second-order valence-electron chi connectivity index (χ2n) is 6.92. The molecular formula is C23H19N3O4. The van der Waals surface area contributed by atoms with Crippen LogP contribution >= 0.6 is 0 Å². The number of phenolic OH excluding ortho intramolecular Hbond substituents is 1. The van der Waals surface area contributed by atoms with Crippen LogP contribution in [0.1, 0.15) is 44.9 Å². The van der Waals surface area contributed by atoms with E-state index in [0.717, 1.165) is 5.56 Å². The summed E-state index contributed by atoms with van der Waals surface area (Å²) in [5.74, 6) is -1.01. The molecule has 1 aliphatic heterocycles. The highest BCUT2D eigenvalue weighted by Crippen LogP contribution is 2.37. The van der Waals surface area contributed by atoms with Gasteiger partial charge in [0.15, 0.2) is 0 Å². The molecule has 2 unspecified atom stereocenters. The summed E-state index contributed by atoms with van der Waals surface area (Å²) in [6, 6.07) is 16.9. The third-order valence-electron chi connectivity index (χ3n) is 4.99. The molecule has 2 heterocycles. The lowest BCUT2D eigenvalue weighted by Crippen LogP contribution is -2.26. The molecule has 0 fully saturated rings. The number of ether oxygens (including phenoxy) is 1. The molecule has 7 nitrogen and oxygen atoms in total. The number of cyclic esters (lactones) is 1. The van der Waals surface area contributed by atoms with Crippen LogP contribution in [0.15, 0.2) is 78.2 Å². The first-order valence-corrected chi connectivity index (χ1v) is 9.42. The number of fused-ring (bicyclic) bond motifs is 1. The van der Waals surface area contributed by atoms with Crippen LogP contribution in [0.25, 0.3) is 0 Å². The number of rotatable bonds is 5. The highest BCUT2D eigenvalue weighted by molar-refractivity contribution is 6.05. The Balaban J connectivity index is 1.68. The monoisotopic (exact) mass is 401 g/mol. The minimum absolute atomic E-state index is 0.115. The van der Waals surface area contributed by atoms with Crippen molar-refractivity contribution in [3.63, 3.8) is 0 Å². The highest BCUT2D eigenvalue weighted by atomic mass is 16.5. The predicted octanol–water partition coefficient (Wildman–Crippen LogP) is 3.47. The van der Waals surface area contributed by atoms with Crippen LogP contribution in [0.5, 0.6) is 5.75 Å². The largest absolute Gasteiger partial charge is 0.508 e. The van der Waals surface area contributed by atoms with Gasteiger partial charge in [0.25, 0.3) is 5.91 Å². The Labute approximate surface area is 173 Å². The van der Waals surface area contributed by atoms with Crippen molar-refractivity contribution in [2.75, 3.05) is 0 Å². The van der Waals surface area contributed by atoms with Crippen molar-refractivity contribution < 1.29 is 19.4 Å². The van der Waals surface area contributed by atoms with E-state index in [2.05, 4.69) is 15.5 Å². The number of nitrogens with one attached hydrogen (secondary N) is 1. The summed E-state index contributed by atoms with van der Waals surface area (Å²) in [6.07, 6.45) is 2.51. The van der Waals surface area contributed by atoms with E-state index in [1.54, 1.807) is 36.4 Å². The summed E-state index contributed by atoms with van der Waals surface area (Å²) in [5, 5.41) is 14.0. The zero-order valence-electron chi connectivity index (χ0n) is 16.1. The summed E-state index contributed by atoms with van der Waals surface area (Å²) in [6.45, 7) is 1.88. The van der Waals surface area contributed by atoms with Crippen molar-refractivity contribution in [2.24, 2.45) is 11.0 Å². The number of benzene rings is 2. The van der Waals surface area contributed by atoms with Crippen LogP contribution in [-0.4, -0.2) is 27.7 Å². The molecule has 1 aromatic heterocycles. The molecule has 4 rings (SSSR count). The Kier molecular flexibility index (Phi) is 5.26. The van der Waals surface area contributed by atoms with Crippen LogP contribution in [0.2, 0.25) is 0 Å². The van der Waals surface area contributed by atoms with Gasteiger partial charge in [0.1, 0.15) is 11.9 Å². The fourth-order valence-electron chi connectivity index (χ4n) is 3.43. The number of hydrazone groups is 1. The molecule has 0 spiro atoms. The van der Waals surface area contributed by atoms with E-state index in [1.807, 2.05) is 19.1 Å². The number of esters is 1. The SMILES string of the molecule is CC(/C(=N/NC(=O)c1ccncc1)c1ccc(O)cc1)C1OC(=O)c2ccccc21. The predicted molar refractivity (Wildman–Crippen MR) is 110 cm³/mol. The molecule has 0 saturated carbocycles. The van der Waals surface area contributed by atoms with Gasteiger partial charge in [0.2, 0.25) is 0 Å². The van der Waals surface area contributed by atoms with Gasteiger partial charge < -0.3 is 9.84 Å². The molecule has 7 heteroatoms. The van der Waals surface area contributed by atoms with Crippen molar-refractivity contribution in [1.82, 2.24) is 10.4 Å². The molecule has 1 amide bonds. The highest BCUT2D eigenvalue weighted by Gasteiger charge is 2.37. The number of aromatic nitrogens is 1. The molecule has 0 bridgehead atoms. The minimum atomic E-state index is -0.543. The first-order valence-electron chi connectivity index (χ1n) is 9.42. The molecule has 0 radical (unpaired) electrons. The maximum Gasteiger partial charge on any atom is 0.339 e. The number of carbonyl (C=O) groups excluding carboxylic acids is 2. The lowest BCUT2D eigenvalue weighted by Gasteiger charge is -2.21. The zero-order valence-corrected chi connectivity index (χ0v) is 16.1. The summed E-state index contributed by atoms with van der Waals surface area (Å²) in [7, 11) is 0. The van der Waals surface area contributed by atoms with Crippen molar-refractivity contribution in [3.8, 4) is 5.75 Å². The number of carbonyl (C=O) groups is 2. The normalized spacial score (nSPS) is 16.5. The topological polar surface area (TPSA) is 101 Å². The Morgan fingerprint density at radius 2 is 1.77 bits per heavy atom. The maximum absolute atomic E-state index is 12.5. The second kappa shape index (κ2) is 8.16. The Morgan fingerprint density at radius 3 is 2.50 bits per heavy atom. The fourth-order valence-corrected chi connectivity index (χ4v) is 3.43. The van der Waals surface area contributed by atoms with Crippen LogP contribution in [0.3, 0.4) is 0 Å². The fraction of sp³-hybridized carbons (Fsp3) is 0.130. The number of hydrogen-bond donors (Lipinski definition) is 2. The van der Waals surface area contributed by atoms with Gasteiger partial charge in [0, 0.05) is 29.4 Å². The van der Waals surface area contributed by atoms with Gasteiger partial charge in [-0.3, -0.25) is 9.78 Å². The van der Waals surface area contributed by atoms with Crippen LogP contribution in [0, 0.1) is 5.92 Å². The molecule has 2 aromatic carbocycles.